The highest BCUT2D eigenvalue weighted by Gasteiger charge is 2.35. The third-order valence-corrected chi connectivity index (χ3v) is 7.08. The SMILES string of the molecule is CC(C)CNC(=O)[C@H](Cc1ccccc1)N(Cc1cccc(Cl)c1)C(=O)CCCN1C(=O)c2ccccc2C1=O. The van der Waals surface area contributed by atoms with Gasteiger partial charge in [-0.25, -0.2) is 0 Å². The number of carbonyl (C=O) groups excluding carboxylic acids is 4. The van der Waals surface area contributed by atoms with Crippen LogP contribution in [-0.2, 0) is 22.6 Å². The summed E-state index contributed by atoms with van der Waals surface area (Å²) in [6.45, 7) is 4.83. The number of nitrogens with zero attached hydrogens (tertiary/aromatic N) is 2. The number of hydrogen-bond donors (Lipinski definition) is 1. The molecule has 4 amide bonds. The van der Waals surface area contributed by atoms with E-state index in [1.165, 1.54) is 4.90 Å². The fourth-order valence-electron chi connectivity index (χ4n) is 4.78. The van der Waals surface area contributed by atoms with Gasteiger partial charge in [-0.1, -0.05) is 80.0 Å². The fraction of sp³-hybridized carbons (Fsp3) is 0.312. The van der Waals surface area contributed by atoms with Crippen molar-refractivity contribution in [2.45, 2.75) is 45.7 Å². The Morgan fingerprint density at radius 3 is 2.12 bits per heavy atom. The number of halogens is 1. The van der Waals surface area contributed by atoms with E-state index in [2.05, 4.69) is 5.32 Å². The molecule has 1 atom stereocenters. The molecule has 1 heterocycles. The monoisotopic (exact) mass is 559 g/mol. The van der Waals surface area contributed by atoms with E-state index in [0.29, 0.717) is 29.1 Å². The molecule has 0 bridgehead atoms. The first-order valence-electron chi connectivity index (χ1n) is 13.6. The lowest BCUT2D eigenvalue weighted by molar-refractivity contribution is -0.141. The zero-order valence-corrected chi connectivity index (χ0v) is 23.6. The minimum atomic E-state index is -0.757. The van der Waals surface area contributed by atoms with Gasteiger partial charge in [0.1, 0.15) is 6.04 Å². The molecule has 3 aromatic rings. The van der Waals surface area contributed by atoms with Crippen LogP contribution in [0.2, 0.25) is 5.02 Å². The van der Waals surface area contributed by atoms with Gasteiger partial charge >= 0.3 is 0 Å². The van der Waals surface area contributed by atoms with Gasteiger partial charge in [-0.3, -0.25) is 24.1 Å². The molecular weight excluding hydrogens is 526 g/mol. The Labute approximate surface area is 240 Å². The molecule has 1 aliphatic heterocycles. The van der Waals surface area contributed by atoms with Crippen molar-refractivity contribution in [3.8, 4) is 0 Å². The molecule has 0 saturated carbocycles. The van der Waals surface area contributed by atoms with Crippen molar-refractivity contribution in [1.82, 2.24) is 15.1 Å². The van der Waals surface area contributed by atoms with Gasteiger partial charge in [-0.15, -0.1) is 0 Å². The Bertz CT molecular complexity index is 1340. The predicted octanol–water partition coefficient (Wildman–Crippen LogP) is 5.13. The zero-order valence-electron chi connectivity index (χ0n) is 22.8. The standard InChI is InChI=1S/C32H34ClN3O4/c1-22(2)20-34-30(38)28(19-23-10-4-3-5-11-23)36(21-24-12-8-13-25(33)18-24)29(37)16-9-17-35-31(39)26-14-6-7-15-27(26)32(35)40/h3-8,10-15,18,22,28H,9,16-17,19-21H2,1-2H3,(H,34,38)/t28-/m0/s1. The number of imide groups is 1. The van der Waals surface area contributed by atoms with E-state index in [9.17, 15) is 19.2 Å². The number of carbonyl (C=O) groups is 4. The topological polar surface area (TPSA) is 86.8 Å². The molecule has 0 spiro atoms. The third kappa shape index (κ3) is 7.16. The van der Waals surface area contributed by atoms with Crippen molar-refractivity contribution in [2.24, 2.45) is 5.92 Å². The number of benzene rings is 3. The maximum absolute atomic E-state index is 13.8. The van der Waals surface area contributed by atoms with Crippen molar-refractivity contribution in [3.63, 3.8) is 0 Å². The summed E-state index contributed by atoms with van der Waals surface area (Å²) >= 11 is 6.23. The van der Waals surface area contributed by atoms with Gasteiger partial charge < -0.3 is 10.2 Å². The predicted molar refractivity (Wildman–Crippen MR) is 155 cm³/mol. The highest BCUT2D eigenvalue weighted by Crippen LogP contribution is 2.23. The minimum absolute atomic E-state index is 0.0662. The molecule has 0 radical (unpaired) electrons. The van der Waals surface area contributed by atoms with Gasteiger partial charge in [0.15, 0.2) is 0 Å². The number of hydrogen-bond acceptors (Lipinski definition) is 4. The van der Waals surface area contributed by atoms with Crippen LogP contribution in [0.25, 0.3) is 0 Å². The van der Waals surface area contributed by atoms with Crippen LogP contribution in [0.3, 0.4) is 0 Å². The normalized spacial score (nSPS) is 13.3. The van der Waals surface area contributed by atoms with E-state index in [1.807, 2.05) is 56.3 Å². The van der Waals surface area contributed by atoms with Crippen LogP contribution in [0.4, 0.5) is 0 Å². The summed E-state index contributed by atoms with van der Waals surface area (Å²) in [5.74, 6) is -0.916. The third-order valence-electron chi connectivity index (χ3n) is 6.85. The molecule has 0 aliphatic carbocycles. The Morgan fingerprint density at radius 1 is 0.875 bits per heavy atom. The fourth-order valence-corrected chi connectivity index (χ4v) is 5.00. The second-order valence-electron chi connectivity index (χ2n) is 10.4. The molecule has 3 aromatic carbocycles. The lowest BCUT2D eigenvalue weighted by Crippen LogP contribution is -2.51. The smallest absolute Gasteiger partial charge is 0.261 e. The first kappa shape index (κ1) is 29.0. The number of fused-ring (bicyclic) bond motifs is 1. The molecule has 0 saturated heterocycles. The first-order chi connectivity index (χ1) is 19.2. The van der Waals surface area contributed by atoms with E-state index in [4.69, 9.17) is 11.6 Å². The van der Waals surface area contributed by atoms with Gasteiger partial charge in [0.25, 0.3) is 11.8 Å². The molecule has 1 N–H and O–H groups in total. The second kappa shape index (κ2) is 13.4. The summed E-state index contributed by atoms with van der Waals surface area (Å²) in [4.78, 5) is 55.6. The van der Waals surface area contributed by atoms with Crippen LogP contribution < -0.4 is 5.32 Å². The highest BCUT2D eigenvalue weighted by atomic mass is 35.5. The van der Waals surface area contributed by atoms with E-state index in [0.717, 1.165) is 11.1 Å². The van der Waals surface area contributed by atoms with Crippen LogP contribution in [0.15, 0.2) is 78.9 Å². The zero-order chi connectivity index (χ0) is 28.6. The van der Waals surface area contributed by atoms with Crippen LogP contribution in [0, 0.1) is 5.92 Å². The molecule has 208 valence electrons. The van der Waals surface area contributed by atoms with Gasteiger partial charge in [-0.05, 0) is 47.7 Å². The Morgan fingerprint density at radius 2 is 1.50 bits per heavy atom. The van der Waals surface area contributed by atoms with E-state index in [-0.39, 0.29) is 55.5 Å². The molecule has 0 unspecified atom stereocenters. The molecule has 40 heavy (non-hydrogen) atoms. The summed E-state index contributed by atoms with van der Waals surface area (Å²) in [5.41, 5.74) is 2.50. The lowest BCUT2D eigenvalue weighted by atomic mass is 10.0. The second-order valence-corrected chi connectivity index (χ2v) is 10.8. The molecular formula is C32H34ClN3O4. The maximum Gasteiger partial charge on any atom is 0.261 e. The molecule has 7 nitrogen and oxygen atoms in total. The number of amides is 4. The summed E-state index contributed by atoms with van der Waals surface area (Å²) in [6, 6.07) is 22.8. The average molecular weight is 560 g/mol. The van der Waals surface area contributed by atoms with Gasteiger partial charge in [0.2, 0.25) is 11.8 Å². The molecule has 0 aromatic heterocycles. The van der Waals surface area contributed by atoms with Gasteiger partial charge in [0.05, 0.1) is 11.1 Å². The lowest BCUT2D eigenvalue weighted by Gasteiger charge is -2.32. The van der Waals surface area contributed by atoms with Crippen molar-refractivity contribution >= 4 is 35.2 Å². The quantitative estimate of drug-likeness (QED) is 0.312. The van der Waals surface area contributed by atoms with E-state index < -0.39 is 6.04 Å². The number of rotatable bonds is 12. The largest absolute Gasteiger partial charge is 0.354 e. The van der Waals surface area contributed by atoms with Crippen molar-refractivity contribution < 1.29 is 19.2 Å². The summed E-state index contributed by atoms with van der Waals surface area (Å²) in [6.07, 6.45) is 0.689. The summed E-state index contributed by atoms with van der Waals surface area (Å²) in [7, 11) is 0. The first-order valence-corrected chi connectivity index (χ1v) is 13.9. The Hall–Kier alpha value is -3.97. The van der Waals surface area contributed by atoms with E-state index in [1.54, 1.807) is 41.3 Å². The van der Waals surface area contributed by atoms with Crippen molar-refractivity contribution in [3.05, 3.63) is 106 Å². The number of nitrogens with one attached hydrogen (secondary N) is 1. The van der Waals surface area contributed by atoms with Crippen LogP contribution in [0.1, 0.15) is 58.5 Å². The van der Waals surface area contributed by atoms with Crippen LogP contribution in [-0.4, -0.2) is 52.6 Å². The Balaban J connectivity index is 1.54. The maximum atomic E-state index is 13.8. The summed E-state index contributed by atoms with van der Waals surface area (Å²) < 4.78 is 0. The molecule has 0 fully saturated rings. The molecule has 8 heteroatoms. The molecule has 4 rings (SSSR count). The van der Waals surface area contributed by atoms with E-state index >= 15 is 0 Å². The minimum Gasteiger partial charge on any atom is -0.354 e. The highest BCUT2D eigenvalue weighted by molar-refractivity contribution is 6.30. The Kier molecular flexibility index (Phi) is 9.72. The van der Waals surface area contributed by atoms with Gasteiger partial charge in [0, 0.05) is 37.5 Å². The summed E-state index contributed by atoms with van der Waals surface area (Å²) in [5, 5.41) is 3.54. The van der Waals surface area contributed by atoms with Gasteiger partial charge in [-0.2, -0.15) is 0 Å². The van der Waals surface area contributed by atoms with Crippen molar-refractivity contribution in [2.75, 3.05) is 13.1 Å². The van der Waals surface area contributed by atoms with Crippen LogP contribution in [0.5, 0.6) is 0 Å². The average Bonchev–Trinajstić information content (AvgIpc) is 3.19. The van der Waals surface area contributed by atoms with Crippen molar-refractivity contribution in [1.29, 1.82) is 0 Å². The van der Waals surface area contributed by atoms with Crippen LogP contribution >= 0.6 is 11.6 Å². The molecule has 1 aliphatic rings.